The van der Waals surface area contributed by atoms with Crippen LogP contribution < -0.4 is 0 Å². The molecule has 2 heterocycles. The summed E-state index contributed by atoms with van der Waals surface area (Å²) in [4.78, 5) is 0. The van der Waals surface area contributed by atoms with E-state index < -0.39 is 0 Å². The van der Waals surface area contributed by atoms with Gasteiger partial charge in [-0.2, -0.15) is 5.10 Å². The highest BCUT2D eigenvalue weighted by Gasteiger charge is 2.56. The molecule has 1 spiro atoms. The highest BCUT2D eigenvalue weighted by atomic mass is 16.5. The fraction of sp³-hybridized carbons (Fsp3) is 0.500. The van der Waals surface area contributed by atoms with Crippen molar-refractivity contribution in [3.05, 3.63) is 30.0 Å². The van der Waals surface area contributed by atoms with Gasteiger partial charge in [-0.05, 0) is 30.4 Å². The molecule has 2 atom stereocenters. The Morgan fingerprint density at radius 1 is 1.47 bits per heavy atom. The third-order valence-corrected chi connectivity index (χ3v) is 4.50. The van der Waals surface area contributed by atoms with E-state index in [9.17, 15) is 0 Å². The first kappa shape index (κ1) is 9.66. The normalized spacial score (nSPS) is 31.5. The van der Waals surface area contributed by atoms with Crippen molar-refractivity contribution in [3.8, 4) is 0 Å². The number of aromatic nitrogens is 2. The maximum atomic E-state index is 5.55. The molecule has 1 aliphatic carbocycles. The zero-order valence-electron chi connectivity index (χ0n) is 10.0. The Bertz CT molecular complexity index is 581. The smallest absolute Gasteiger partial charge is 0.0681 e. The first-order chi connectivity index (χ1) is 8.28. The van der Waals surface area contributed by atoms with Crippen LogP contribution in [0.4, 0.5) is 0 Å². The summed E-state index contributed by atoms with van der Waals surface area (Å²) in [5.74, 6) is 0.712. The summed E-state index contributed by atoms with van der Waals surface area (Å²) in [6.45, 7) is 1.91. The van der Waals surface area contributed by atoms with Crippen molar-refractivity contribution >= 4 is 10.9 Å². The lowest BCUT2D eigenvalue weighted by Crippen LogP contribution is -2.02. The highest BCUT2D eigenvalue weighted by Crippen LogP contribution is 2.63. The van der Waals surface area contributed by atoms with Crippen LogP contribution in [0, 0.1) is 5.41 Å². The number of rotatable bonds is 1. The predicted molar refractivity (Wildman–Crippen MR) is 65.9 cm³/mol. The molecule has 1 aromatic heterocycles. The molecular formula is C14H16N2O. The Labute approximate surface area is 100 Å². The predicted octanol–water partition coefficient (Wildman–Crippen LogP) is 2.47. The Kier molecular flexibility index (Phi) is 1.76. The van der Waals surface area contributed by atoms with Gasteiger partial charge in [0.05, 0.1) is 18.3 Å². The zero-order chi connectivity index (χ0) is 11.5. The molecule has 88 valence electrons. The van der Waals surface area contributed by atoms with Gasteiger partial charge >= 0.3 is 0 Å². The second kappa shape index (κ2) is 3.10. The number of ether oxygens (including phenoxy) is 1. The van der Waals surface area contributed by atoms with Crippen LogP contribution in [-0.4, -0.2) is 23.0 Å². The second-order valence-electron chi connectivity index (χ2n) is 5.51. The van der Waals surface area contributed by atoms with Crippen molar-refractivity contribution in [2.45, 2.75) is 18.8 Å². The number of aryl methyl sites for hydroxylation is 1. The number of benzene rings is 1. The van der Waals surface area contributed by atoms with E-state index in [0.29, 0.717) is 11.3 Å². The van der Waals surface area contributed by atoms with Crippen LogP contribution in [0.15, 0.2) is 24.4 Å². The molecule has 4 rings (SSSR count). The Morgan fingerprint density at radius 2 is 2.41 bits per heavy atom. The van der Waals surface area contributed by atoms with E-state index in [1.54, 1.807) is 0 Å². The fourth-order valence-electron chi connectivity index (χ4n) is 3.26. The third kappa shape index (κ3) is 1.29. The van der Waals surface area contributed by atoms with Crippen molar-refractivity contribution in [1.29, 1.82) is 0 Å². The summed E-state index contributed by atoms with van der Waals surface area (Å²) < 4.78 is 7.51. The molecule has 0 N–H and O–H groups in total. The first-order valence-corrected chi connectivity index (χ1v) is 6.28. The van der Waals surface area contributed by atoms with E-state index in [1.807, 2.05) is 17.9 Å². The fourth-order valence-corrected chi connectivity index (χ4v) is 3.26. The van der Waals surface area contributed by atoms with Gasteiger partial charge in [-0.25, -0.2) is 0 Å². The van der Waals surface area contributed by atoms with Crippen LogP contribution in [0.1, 0.15) is 24.3 Å². The van der Waals surface area contributed by atoms with Gasteiger partial charge in [0.15, 0.2) is 0 Å². The minimum absolute atomic E-state index is 0.478. The minimum atomic E-state index is 0.478. The van der Waals surface area contributed by atoms with Crippen LogP contribution in [0.2, 0.25) is 0 Å². The Balaban J connectivity index is 1.75. The second-order valence-corrected chi connectivity index (χ2v) is 5.51. The molecule has 2 aliphatic rings. The number of hydrogen-bond donors (Lipinski definition) is 0. The van der Waals surface area contributed by atoms with E-state index >= 15 is 0 Å². The summed E-state index contributed by atoms with van der Waals surface area (Å²) in [5, 5.41) is 5.53. The van der Waals surface area contributed by atoms with Crippen LogP contribution in [0.3, 0.4) is 0 Å². The average molecular weight is 228 g/mol. The lowest BCUT2D eigenvalue weighted by atomic mass is 9.98. The van der Waals surface area contributed by atoms with Gasteiger partial charge in [-0.3, -0.25) is 4.68 Å². The molecule has 1 saturated carbocycles. The topological polar surface area (TPSA) is 27.1 Å². The molecule has 1 aromatic carbocycles. The molecule has 0 radical (unpaired) electrons. The molecule has 0 bridgehead atoms. The molecule has 3 nitrogen and oxygen atoms in total. The number of hydrogen-bond acceptors (Lipinski definition) is 2. The van der Waals surface area contributed by atoms with E-state index in [4.69, 9.17) is 4.74 Å². The SMILES string of the molecule is Cn1ncc2ccc(C3CC34CCOC4)cc21. The molecule has 1 aliphatic heterocycles. The maximum absolute atomic E-state index is 5.55. The number of nitrogens with zero attached hydrogens (tertiary/aromatic N) is 2. The lowest BCUT2D eigenvalue weighted by Gasteiger charge is -2.07. The third-order valence-electron chi connectivity index (χ3n) is 4.50. The van der Waals surface area contributed by atoms with Crippen molar-refractivity contribution in [1.82, 2.24) is 9.78 Å². The van der Waals surface area contributed by atoms with Crippen molar-refractivity contribution in [2.75, 3.05) is 13.2 Å². The Morgan fingerprint density at radius 3 is 3.24 bits per heavy atom. The van der Waals surface area contributed by atoms with Crippen LogP contribution >= 0.6 is 0 Å². The van der Waals surface area contributed by atoms with Crippen molar-refractivity contribution < 1.29 is 4.74 Å². The zero-order valence-corrected chi connectivity index (χ0v) is 10.0. The van der Waals surface area contributed by atoms with E-state index in [-0.39, 0.29) is 0 Å². The molecule has 1 saturated heterocycles. The molecule has 3 heteroatoms. The monoisotopic (exact) mass is 228 g/mol. The van der Waals surface area contributed by atoms with Crippen LogP contribution in [-0.2, 0) is 11.8 Å². The quantitative estimate of drug-likeness (QED) is 0.749. The molecule has 2 fully saturated rings. The summed E-state index contributed by atoms with van der Waals surface area (Å²) in [6.07, 6.45) is 4.47. The number of fused-ring (bicyclic) bond motifs is 1. The molecule has 17 heavy (non-hydrogen) atoms. The molecule has 0 amide bonds. The largest absolute Gasteiger partial charge is 0.381 e. The first-order valence-electron chi connectivity index (χ1n) is 6.28. The van der Waals surface area contributed by atoms with Crippen LogP contribution in [0.5, 0.6) is 0 Å². The van der Waals surface area contributed by atoms with Crippen LogP contribution in [0.25, 0.3) is 10.9 Å². The maximum Gasteiger partial charge on any atom is 0.0681 e. The Hall–Kier alpha value is -1.35. The van der Waals surface area contributed by atoms with Crippen molar-refractivity contribution in [3.63, 3.8) is 0 Å². The molecule has 2 unspecified atom stereocenters. The summed E-state index contributed by atoms with van der Waals surface area (Å²) in [6, 6.07) is 6.77. The van der Waals surface area contributed by atoms with E-state index in [1.165, 1.54) is 29.3 Å². The van der Waals surface area contributed by atoms with Gasteiger partial charge < -0.3 is 4.74 Å². The minimum Gasteiger partial charge on any atom is -0.381 e. The van der Waals surface area contributed by atoms with E-state index in [2.05, 4.69) is 23.3 Å². The summed E-state index contributed by atoms with van der Waals surface area (Å²) in [5.41, 5.74) is 3.18. The average Bonchev–Trinajstić information content (AvgIpc) is 2.69. The van der Waals surface area contributed by atoms with Gasteiger partial charge in [-0.1, -0.05) is 12.1 Å². The van der Waals surface area contributed by atoms with E-state index in [0.717, 1.165) is 13.2 Å². The highest BCUT2D eigenvalue weighted by molar-refractivity contribution is 5.79. The van der Waals surface area contributed by atoms with Gasteiger partial charge in [0, 0.05) is 24.5 Å². The van der Waals surface area contributed by atoms with Gasteiger partial charge in [-0.15, -0.1) is 0 Å². The van der Waals surface area contributed by atoms with Gasteiger partial charge in [0.25, 0.3) is 0 Å². The standard InChI is InChI=1S/C14H16N2O/c1-16-13-6-10(2-3-11(13)8-15-16)12-7-14(12)4-5-17-9-14/h2-3,6,8,12H,4-5,7,9H2,1H3. The summed E-state index contributed by atoms with van der Waals surface area (Å²) >= 11 is 0. The molecule has 2 aromatic rings. The molecular weight excluding hydrogens is 212 g/mol. The summed E-state index contributed by atoms with van der Waals surface area (Å²) in [7, 11) is 2.01. The van der Waals surface area contributed by atoms with Crippen molar-refractivity contribution in [2.24, 2.45) is 12.5 Å². The lowest BCUT2D eigenvalue weighted by molar-refractivity contribution is 0.181. The van der Waals surface area contributed by atoms with Gasteiger partial charge in [0.1, 0.15) is 0 Å². The van der Waals surface area contributed by atoms with Gasteiger partial charge in [0.2, 0.25) is 0 Å².